The van der Waals surface area contributed by atoms with E-state index in [-0.39, 0.29) is 27.8 Å². The topological polar surface area (TPSA) is 143 Å². The summed E-state index contributed by atoms with van der Waals surface area (Å²) in [5, 5.41) is 25.7. The van der Waals surface area contributed by atoms with Crippen molar-refractivity contribution in [3.05, 3.63) is 79.8 Å². The lowest BCUT2D eigenvalue weighted by Gasteiger charge is -2.12. The molecule has 3 N–H and O–H groups in total. The number of rotatable bonds is 9. The summed E-state index contributed by atoms with van der Waals surface area (Å²) in [6.45, 7) is 2.10. The Hall–Kier alpha value is -3.35. The van der Waals surface area contributed by atoms with Crippen LogP contribution in [0, 0.1) is 10.1 Å². The molecular weight excluding hydrogens is 552 g/mol. The summed E-state index contributed by atoms with van der Waals surface area (Å²) in [6, 6.07) is 12.4. The summed E-state index contributed by atoms with van der Waals surface area (Å²) in [5.41, 5.74) is 2.96. The SMILES string of the molecule is CCOc1cc(/C=N\Nc2ccc([N+](=O)[O-])cc2S(=O)(=O)Nc2ccc(Cl)cc2)cc(Br)c1O. The van der Waals surface area contributed by atoms with Crippen molar-refractivity contribution in [1.29, 1.82) is 0 Å². The summed E-state index contributed by atoms with van der Waals surface area (Å²) in [4.78, 5) is 10.1. The monoisotopic (exact) mass is 568 g/mol. The predicted octanol–water partition coefficient (Wildman–Crippen LogP) is 5.36. The van der Waals surface area contributed by atoms with Gasteiger partial charge in [0.2, 0.25) is 0 Å². The second-order valence-corrected chi connectivity index (χ2v) is 9.64. The molecule has 10 nitrogen and oxygen atoms in total. The van der Waals surface area contributed by atoms with Gasteiger partial charge in [-0.15, -0.1) is 0 Å². The fourth-order valence-electron chi connectivity index (χ4n) is 2.78. The van der Waals surface area contributed by atoms with Crippen molar-refractivity contribution >= 4 is 60.8 Å². The van der Waals surface area contributed by atoms with Crippen molar-refractivity contribution in [2.24, 2.45) is 5.10 Å². The molecule has 0 unspecified atom stereocenters. The molecule has 13 heteroatoms. The van der Waals surface area contributed by atoms with E-state index in [1.54, 1.807) is 19.1 Å². The van der Waals surface area contributed by atoms with Crippen LogP contribution in [0.2, 0.25) is 5.02 Å². The number of non-ortho nitro benzene ring substituents is 1. The molecule has 0 aliphatic carbocycles. The van der Waals surface area contributed by atoms with Crippen LogP contribution in [0.3, 0.4) is 0 Å². The quantitative estimate of drug-likeness (QED) is 0.179. The molecule has 3 aromatic rings. The highest BCUT2D eigenvalue weighted by molar-refractivity contribution is 9.10. The molecule has 0 atom stereocenters. The smallest absolute Gasteiger partial charge is 0.270 e. The fourth-order valence-corrected chi connectivity index (χ4v) is 4.60. The maximum absolute atomic E-state index is 13.0. The standard InChI is InChI=1S/C21H18BrClN4O6S/c1-2-33-19-10-13(9-17(22)21(19)28)12-24-25-18-8-7-16(27(29)30)11-20(18)34(31,32)26-15-5-3-14(23)4-6-15/h3-12,25-26,28H,2H2,1H3/b24-12-. The molecule has 34 heavy (non-hydrogen) atoms. The highest BCUT2D eigenvalue weighted by Gasteiger charge is 2.23. The van der Waals surface area contributed by atoms with E-state index in [1.807, 2.05) is 0 Å². The number of anilines is 2. The molecule has 0 aliphatic heterocycles. The minimum atomic E-state index is -4.23. The number of nitrogens with zero attached hydrogens (tertiary/aromatic N) is 2. The number of ether oxygens (including phenoxy) is 1. The van der Waals surface area contributed by atoms with Crippen molar-refractivity contribution in [1.82, 2.24) is 0 Å². The number of halogens is 2. The lowest BCUT2D eigenvalue weighted by atomic mass is 10.2. The normalized spacial score (nSPS) is 11.4. The summed E-state index contributed by atoms with van der Waals surface area (Å²) < 4.78 is 34.1. The van der Waals surface area contributed by atoms with Crippen LogP contribution in [0.1, 0.15) is 12.5 Å². The van der Waals surface area contributed by atoms with Gasteiger partial charge in [-0.3, -0.25) is 20.3 Å². The van der Waals surface area contributed by atoms with Gasteiger partial charge in [0.05, 0.1) is 27.9 Å². The van der Waals surface area contributed by atoms with E-state index in [4.69, 9.17) is 16.3 Å². The van der Waals surface area contributed by atoms with E-state index in [0.29, 0.717) is 21.7 Å². The first-order chi connectivity index (χ1) is 16.1. The number of hydrazone groups is 1. The third kappa shape index (κ3) is 6.16. The molecule has 3 aromatic carbocycles. The van der Waals surface area contributed by atoms with Gasteiger partial charge in [-0.1, -0.05) is 11.6 Å². The number of nitro benzene ring substituents is 1. The Morgan fingerprint density at radius 1 is 1.21 bits per heavy atom. The molecule has 0 saturated heterocycles. The number of nitrogens with one attached hydrogen (secondary N) is 2. The van der Waals surface area contributed by atoms with Gasteiger partial charge in [0, 0.05) is 22.8 Å². The maximum Gasteiger partial charge on any atom is 0.270 e. The Morgan fingerprint density at radius 2 is 1.91 bits per heavy atom. The molecule has 0 amide bonds. The number of phenolic OH excluding ortho intramolecular Hbond substituents is 1. The Labute approximate surface area is 208 Å². The number of nitro groups is 1. The van der Waals surface area contributed by atoms with E-state index in [1.165, 1.54) is 36.5 Å². The second kappa shape index (κ2) is 10.7. The minimum Gasteiger partial charge on any atom is -0.503 e. The van der Waals surface area contributed by atoms with Gasteiger partial charge in [-0.2, -0.15) is 5.10 Å². The second-order valence-electron chi connectivity index (χ2n) is 6.70. The van der Waals surface area contributed by atoms with Gasteiger partial charge in [-0.25, -0.2) is 8.42 Å². The van der Waals surface area contributed by atoms with Crippen LogP contribution < -0.4 is 14.9 Å². The number of aromatic hydroxyl groups is 1. The average Bonchev–Trinajstić information content (AvgIpc) is 2.78. The fraction of sp³-hybridized carbons (Fsp3) is 0.0952. The minimum absolute atomic E-state index is 0.00573. The summed E-state index contributed by atoms with van der Waals surface area (Å²) in [5.74, 6) is 0.174. The first-order valence-corrected chi connectivity index (χ1v) is 12.3. The van der Waals surface area contributed by atoms with Gasteiger partial charge >= 0.3 is 0 Å². The Morgan fingerprint density at radius 3 is 2.56 bits per heavy atom. The molecule has 0 fully saturated rings. The summed E-state index contributed by atoms with van der Waals surface area (Å²) in [7, 11) is -4.23. The summed E-state index contributed by atoms with van der Waals surface area (Å²) in [6.07, 6.45) is 1.37. The van der Waals surface area contributed by atoms with E-state index in [2.05, 4.69) is 31.2 Å². The van der Waals surface area contributed by atoms with Crippen molar-refractivity contribution < 1.29 is 23.2 Å². The number of benzene rings is 3. The third-order valence-electron chi connectivity index (χ3n) is 4.31. The third-order valence-corrected chi connectivity index (χ3v) is 6.59. The van der Waals surface area contributed by atoms with Crippen LogP contribution in [0.4, 0.5) is 17.1 Å². The van der Waals surface area contributed by atoms with E-state index >= 15 is 0 Å². The zero-order valence-corrected chi connectivity index (χ0v) is 20.7. The van der Waals surface area contributed by atoms with E-state index in [9.17, 15) is 23.6 Å². The predicted molar refractivity (Wildman–Crippen MR) is 134 cm³/mol. The molecule has 0 aliphatic rings. The van der Waals surface area contributed by atoms with Crippen LogP contribution in [0.25, 0.3) is 0 Å². The zero-order valence-electron chi connectivity index (χ0n) is 17.5. The number of hydrogen-bond acceptors (Lipinski definition) is 8. The molecule has 0 aromatic heterocycles. The molecule has 3 rings (SSSR count). The largest absolute Gasteiger partial charge is 0.503 e. The van der Waals surface area contributed by atoms with Crippen LogP contribution in [0.5, 0.6) is 11.5 Å². The van der Waals surface area contributed by atoms with Crippen molar-refractivity contribution in [3.63, 3.8) is 0 Å². The van der Waals surface area contributed by atoms with Crippen LogP contribution in [-0.4, -0.2) is 31.3 Å². The first kappa shape index (κ1) is 25.3. The average molecular weight is 570 g/mol. The van der Waals surface area contributed by atoms with E-state index in [0.717, 1.165) is 12.1 Å². The van der Waals surface area contributed by atoms with E-state index < -0.39 is 20.6 Å². The molecule has 0 radical (unpaired) electrons. The molecule has 0 spiro atoms. The Kier molecular flexibility index (Phi) is 7.97. The van der Waals surface area contributed by atoms with Crippen LogP contribution in [0.15, 0.2) is 69.1 Å². The van der Waals surface area contributed by atoms with Crippen molar-refractivity contribution in [2.75, 3.05) is 16.8 Å². The highest BCUT2D eigenvalue weighted by Crippen LogP contribution is 2.35. The number of phenols is 1. The first-order valence-electron chi connectivity index (χ1n) is 9.62. The van der Waals surface area contributed by atoms with Gasteiger partial charge in [0.1, 0.15) is 4.90 Å². The highest BCUT2D eigenvalue weighted by atomic mass is 79.9. The Bertz CT molecular complexity index is 1350. The van der Waals surface area contributed by atoms with Crippen molar-refractivity contribution in [2.45, 2.75) is 11.8 Å². The Balaban J connectivity index is 1.93. The molecule has 0 saturated carbocycles. The molecule has 0 heterocycles. The molecular formula is C21H18BrClN4O6S. The van der Waals surface area contributed by atoms with Gasteiger partial charge in [0.25, 0.3) is 15.7 Å². The van der Waals surface area contributed by atoms with Gasteiger partial charge < -0.3 is 9.84 Å². The lowest BCUT2D eigenvalue weighted by molar-refractivity contribution is -0.385. The number of hydrogen-bond donors (Lipinski definition) is 3. The molecule has 0 bridgehead atoms. The zero-order chi connectivity index (χ0) is 24.9. The van der Waals surface area contributed by atoms with Gasteiger partial charge in [-0.05, 0) is 70.9 Å². The lowest BCUT2D eigenvalue weighted by Crippen LogP contribution is -2.15. The maximum atomic E-state index is 13.0. The van der Waals surface area contributed by atoms with Crippen molar-refractivity contribution in [3.8, 4) is 11.5 Å². The van der Waals surface area contributed by atoms with Crippen LogP contribution >= 0.6 is 27.5 Å². The van der Waals surface area contributed by atoms with Gasteiger partial charge in [0.15, 0.2) is 11.5 Å². The van der Waals surface area contributed by atoms with Crippen LogP contribution in [-0.2, 0) is 10.0 Å². The molecule has 178 valence electrons. The number of sulfonamides is 1. The summed E-state index contributed by atoms with van der Waals surface area (Å²) >= 11 is 9.06.